The minimum absolute atomic E-state index is 0.0118. The summed E-state index contributed by atoms with van der Waals surface area (Å²) in [7, 11) is 0. The Morgan fingerprint density at radius 3 is 2.00 bits per heavy atom. The smallest absolute Gasteiger partial charge is 0.188 e. The number of nitrogens with zero attached hydrogens (tertiary/aromatic N) is 1. The van der Waals surface area contributed by atoms with Crippen molar-refractivity contribution in [3.63, 3.8) is 0 Å². The van der Waals surface area contributed by atoms with Gasteiger partial charge >= 0.3 is 0 Å². The maximum Gasteiger partial charge on any atom is 0.214 e. The molecule has 0 saturated heterocycles. The third-order valence-corrected chi connectivity index (χ3v) is 9.98. The van der Waals surface area contributed by atoms with Gasteiger partial charge in [-0.25, -0.2) is 0 Å². The van der Waals surface area contributed by atoms with E-state index in [9.17, 15) is 0 Å². The fraction of sp³-hybridized carbons (Fsp3) is 0.441. The molecular weight excluding hydrogens is 422 g/mol. The lowest BCUT2D eigenvalue weighted by Gasteiger charge is -2.53. The summed E-state index contributed by atoms with van der Waals surface area (Å²) in [5.41, 5.74) is 10.6. The van der Waals surface area contributed by atoms with Gasteiger partial charge in [-0.3, -0.25) is 0 Å². The largest absolute Gasteiger partial charge is 0.214 e. The summed E-state index contributed by atoms with van der Waals surface area (Å²) in [4.78, 5) is 0. The summed E-state index contributed by atoms with van der Waals surface area (Å²) in [5.74, 6) is 0. The first-order valence-electron chi connectivity index (χ1n) is 13.7. The van der Waals surface area contributed by atoms with Crippen LogP contribution in [0.4, 0.5) is 0 Å². The monoisotopic (exact) mass is 462 g/mol. The molecule has 0 radical (unpaired) electrons. The molecule has 1 aliphatic heterocycles. The van der Waals surface area contributed by atoms with Gasteiger partial charge in [-0.05, 0) is 70.1 Å². The van der Waals surface area contributed by atoms with Crippen LogP contribution in [0.1, 0.15) is 90.3 Å². The van der Waals surface area contributed by atoms with Crippen LogP contribution in [0.15, 0.2) is 72.9 Å². The molecular formula is C34H40N+. The van der Waals surface area contributed by atoms with Crippen LogP contribution in [-0.4, -0.2) is 0 Å². The summed E-state index contributed by atoms with van der Waals surface area (Å²) in [6.45, 7) is 14.6. The third-order valence-electron chi connectivity index (χ3n) is 9.98. The van der Waals surface area contributed by atoms with Gasteiger partial charge in [0.25, 0.3) is 0 Å². The van der Waals surface area contributed by atoms with Crippen LogP contribution in [-0.2, 0) is 21.8 Å². The lowest BCUT2D eigenvalue weighted by atomic mass is 9.51. The lowest BCUT2D eigenvalue weighted by molar-refractivity contribution is -0.759. The van der Waals surface area contributed by atoms with Crippen LogP contribution >= 0.6 is 0 Å². The van der Waals surface area contributed by atoms with E-state index in [0.717, 1.165) is 12.8 Å². The zero-order chi connectivity index (χ0) is 24.6. The minimum Gasteiger partial charge on any atom is -0.188 e. The van der Waals surface area contributed by atoms with Gasteiger partial charge in [0.2, 0.25) is 5.69 Å². The summed E-state index contributed by atoms with van der Waals surface area (Å²) in [6.07, 6.45) is 13.4. The van der Waals surface area contributed by atoms with Gasteiger partial charge in [0.05, 0.1) is 11.0 Å². The van der Waals surface area contributed by atoms with Gasteiger partial charge in [-0.2, -0.15) is 4.57 Å². The Bertz CT molecular complexity index is 1340. The van der Waals surface area contributed by atoms with Gasteiger partial charge in [-0.1, -0.05) is 90.4 Å². The molecule has 2 aromatic carbocycles. The molecule has 0 saturated carbocycles. The van der Waals surface area contributed by atoms with Crippen molar-refractivity contribution >= 4 is 0 Å². The fourth-order valence-corrected chi connectivity index (χ4v) is 7.72. The lowest BCUT2D eigenvalue weighted by Crippen LogP contribution is -2.72. The molecule has 0 bridgehead atoms. The first-order valence-corrected chi connectivity index (χ1v) is 13.7. The fourth-order valence-electron chi connectivity index (χ4n) is 7.72. The zero-order valence-electron chi connectivity index (χ0n) is 22.4. The highest BCUT2D eigenvalue weighted by Gasteiger charge is 2.64. The van der Waals surface area contributed by atoms with E-state index >= 15 is 0 Å². The molecule has 0 spiro atoms. The van der Waals surface area contributed by atoms with E-state index in [1.165, 1.54) is 41.6 Å². The number of hydrogen-bond donors (Lipinski definition) is 0. The van der Waals surface area contributed by atoms with Crippen LogP contribution in [0.25, 0.3) is 22.4 Å². The number of fused-ring (bicyclic) bond motifs is 7. The number of hydrogen-bond acceptors (Lipinski definition) is 0. The average molecular weight is 463 g/mol. The zero-order valence-corrected chi connectivity index (χ0v) is 22.4. The maximum atomic E-state index is 2.66. The predicted octanol–water partition coefficient (Wildman–Crippen LogP) is 8.38. The van der Waals surface area contributed by atoms with Crippen molar-refractivity contribution in [2.75, 3.05) is 0 Å². The van der Waals surface area contributed by atoms with Crippen molar-refractivity contribution in [1.29, 1.82) is 0 Å². The van der Waals surface area contributed by atoms with Crippen molar-refractivity contribution in [3.05, 3.63) is 89.6 Å². The highest BCUT2D eigenvalue weighted by molar-refractivity contribution is 5.75. The second-order valence-electron chi connectivity index (χ2n) is 12.5. The standard InChI is InChI=1S/C34H40N/c1-7-33-18-19-34(33,8-2)35-20-15-25(24-13-10-9-11-14-24)21-30(35)26-22-28-29(23-27(26)33)32(5,6)17-12-16-31(28,3)4/h9-11,13-15,18-23H,7-8,12,16-17H2,1-6H3/q+1. The first kappa shape index (κ1) is 22.8. The van der Waals surface area contributed by atoms with Gasteiger partial charge in [-0.15, -0.1) is 0 Å². The predicted molar refractivity (Wildman–Crippen MR) is 147 cm³/mol. The van der Waals surface area contributed by atoms with Gasteiger partial charge < -0.3 is 0 Å². The molecule has 35 heavy (non-hydrogen) atoms. The molecule has 1 nitrogen and oxygen atoms in total. The highest BCUT2D eigenvalue weighted by atomic mass is 15.1. The molecule has 0 amide bonds. The summed E-state index contributed by atoms with van der Waals surface area (Å²) >= 11 is 0. The normalized spacial score (nSPS) is 27.0. The van der Waals surface area contributed by atoms with Gasteiger partial charge in [0.1, 0.15) is 0 Å². The van der Waals surface area contributed by atoms with E-state index in [0.29, 0.717) is 0 Å². The Morgan fingerprint density at radius 1 is 0.714 bits per heavy atom. The van der Waals surface area contributed by atoms with Crippen LogP contribution in [0, 0.1) is 0 Å². The van der Waals surface area contributed by atoms with Crippen LogP contribution in [0.2, 0.25) is 0 Å². The second kappa shape index (κ2) is 7.42. The molecule has 180 valence electrons. The van der Waals surface area contributed by atoms with E-state index in [4.69, 9.17) is 0 Å². The van der Waals surface area contributed by atoms with Crippen molar-refractivity contribution < 1.29 is 4.57 Å². The van der Waals surface area contributed by atoms with Gasteiger partial charge in [0.15, 0.2) is 11.7 Å². The van der Waals surface area contributed by atoms with E-state index in [2.05, 4.69) is 119 Å². The average Bonchev–Trinajstić information content (AvgIpc) is 2.92. The van der Waals surface area contributed by atoms with Crippen LogP contribution < -0.4 is 4.57 Å². The van der Waals surface area contributed by atoms with E-state index in [1.807, 2.05) is 0 Å². The minimum atomic E-state index is 0.0118. The quantitative estimate of drug-likeness (QED) is 0.209. The van der Waals surface area contributed by atoms with E-state index in [-0.39, 0.29) is 21.8 Å². The summed E-state index contributed by atoms with van der Waals surface area (Å²) in [5, 5.41) is 0. The number of benzene rings is 2. The van der Waals surface area contributed by atoms with E-state index < -0.39 is 0 Å². The van der Waals surface area contributed by atoms with Crippen molar-refractivity contribution in [2.45, 2.75) is 95.4 Å². The molecule has 1 aromatic heterocycles. The molecule has 0 fully saturated rings. The number of aromatic nitrogens is 1. The summed E-state index contributed by atoms with van der Waals surface area (Å²) < 4.78 is 2.62. The maximum absolute atomic E-state index is 2.66. The molecule has 3 aliphatic rings. The molecule has 2 heterocycles. The Balaban J connectivity index is 1.70. The van der Waals surface area contributed by atoms with Crippen molar-refractivity contribution in [3.8, 4) is 22.4 Å². The number of allylic oxidation sites excluding steroid dienone is 2. The highest BCUT2D eigenvalue weighted by Crippen LogP contribution is 2.59. The third kappa shape index (κ3) is 2.90. The van der Waals surface area contributed by atoms with Crippen molar-refractivity contribution in [1.82, 2.24) is 0 Å². The first-order chi connectivity index (χ1) is 16.7. The van der Waals surface area contributed by atoms with Crippen LogP contribution in [0.5, 0.6) is 0 Å². The Kier molecular flexibility index (Phi) is 4.83. The molecule has 2 aliphatic carbocycles. The molecule has 1 heteroatoms. The van der Waals surface area contributed by atoms with Crippen molar-refractivity contribution in [2.24, 2.45) is 0 Å². The van der Waals surface area contributed by atoms with E-state index in [1.54, 1.807) is 16.7 Å². The number of pyridine rings is 1. The SMILES string of the molecule is CCC12C=CC1(CC)[n+]1ccc(-c3ccccc3)cc1-c1cc3c(cc12)C(C)(C)CCCC3(C)C. The molecule has 2 unspecified atom stereocenters. The Morgan fingerprint density at radius 2 is 1.40 bits per heavy atom. The molecule has 0 N–H and O–H groups in total. The Labute approximate surface area is 211 Å². The van der Waals surface area contributed by atoms with Gasteiger partial charge in [0, 0.05) is 18.6 Å². The molecule has 3 aromatic rings. The summed E-state index contributed by atoms with van der Waals surface area (Å²) in [6, 6.07) is 20.9. The topological polar surface area (TPSA) is 3.88 Å². The second-order valence-corrected chi connectivity index (χ2v) is 12.5. The van der Waals surface area contributed by atoms with Crippen LogP contribution in [0.3, 0.4) is 0 Å². The molecule has 6 rings (SSSR count). The molecule has 2 atom stereocenters. The number of rotatable bonds is 3. The Hall–Kier alpha value is -2.67.